The lowest BCUT2D eigenvalue weighted by molar-refractivity contribution is -0.438. The van der Waals surface area contributed by atoms with Gasteiger partial charge in [0.1, 0.15) is 6.54 Å². The minimum absolute atomic E-state index is 0.0934. The molecule has 0 bridgehead atoms. The summed E-state index contributed by atoms with van der Waals surface area (Å²) < 4.78 is 35.6. The first-order chi connectivity index (χ1) is 22.1. The monoisotopic (exact) mass is 659 g/mol. The highest BCUT2D eigenvalue weighted by atomic mass is 32.2. The third-order valence-electron chi connectivity index (χ3n) is 9.45. The van der Waals surface area contributed by atoms with Crippen molar-refractivity contribution in [2.75, 3.05) is 31.6 Å². The largest absolute Gasteiger partial charge is 0.354 e. The van der Waals surface area contributed by atoms with Crippen molar-refractivity contribution in [1.82, 2.24) is 10.2 Å². The first-order valence-corrected chi connectivity index (χ1v) is 17.4. The van der Waals surface area contributed by atoms with E-state index in [-0.39, 0.29) is 41.1 Å². The van der Waals surface area contributed by atoms with Gasteiger partial charge in [-0.25, -0.2) is 0 Å². The van der Waals surface area contributed by atoms with Crippen LogP contribution in [0.2, 0.25) is 0 Å². The summed E-state index contributed by atoms with van der Waals surface area (Å²) in [5.41, 5.74) is 5.60. The molecule has 47 heavy (non-hydrogen) atoms. The number of benzene rings is 2. The van der Waals surface area contributed by atoms with Crippen LogP contribution >= 0.6 is 0 Å². The molecule has 2 aromatic carbocycles. The van der Waals surface area contributed by atoms with E-state index in [2.05, 4.69) is 65.1 Å². The zero-order chi connectivity index (χ0) is 34.1. The van der Waals surface area contributed by atoms with Gasteiger partial charge in [0.25, 0.3) is 21.9 Å². The quantitative estimate of drug-likeness (QED) is 0.145. The fraction of sp³-hybridized carbons (Fsp3) is 0.389. The average Bonchev–Trinajstić information content (AvgIpc) is 3.52. The Morgan fingerprint density at radius 3 is 2.36 bits per heavy atom. The highest BCUT2D eigenvalue weighted by Crippen LogP contribution is 2.47. The molecule has 0 aromatic heterocycles. The summed E-state index contributed by atoms with van der Waals surface area (Å²) in [6, 6.07) is 13.1. The maximum Gasteiger partial charge on any atom is 0.294 e. The van der Waals surface area contributed by atoms with Crippen LogP contribution in [0.4, 0.5) is 11.4 Å². The van der Waals surface area contributed by atoms with E-state index in [0.29, 0.717) is 6.42 Å². The van der Waals surface area contributed by atoms with Gasteiger partial charge in [-0.05, 0) is 56.5 Å². The first-order valence-electron chi connectivity index (χ1n) is 15.9. The fourth-order valence-corrected chi connectivity index (χ4v) is 7.37. The lowest BCUT2D eigenvalue weighted by Gasteiger charge is -2.23. The second kappa shape index (κ2) is 13.0. The van der Waals surface area contributed by atoms with Crippen LogP contribution in [0.1, 0.15) is 64.5 Å². The Labute approximate surface area is 276 Å². The van der Waals surface area contributed by atoms with Gasteiger partial charge in [-0.2, -0.15) is 13.0 Å². The number of amides is 3. The number of para-hydroxylation sites is 1. The molecular formula is C36H43N4O6S+. The van der Waals surface area contributed by atoms with Crippen molar-refractivity contribution in [3.05, 3.63) is 89.7 Å². The van der Waals surface area contributed by atoms with Gasteiger partial charge in [-0.15, -0.1) is 0 Å². The van der Waals surface area contributed by atoms with Gasteiger partial charge in [-0.3, -0.25) is 23.8 Å². The lowest BCUT2D eigenvalue weighted by atomic mass is 9.81. The number of imide groups is 1. The average molecular weight is 660 g/mol. The summed E-state index contributed by atoms with van der Waals surface area (Å²) >= 11 is 0. The zero-order valence-electron chi connectivity index (χ0n) is 27.6. The summed E-state index contributed by atoms with van der Waals surface area (Å²) in [7, 11) is -2.35. The number of unbranched alkanes of at least 4 members (excludes halogenated alkanes) is 2. The summed E-state index contributed by atoms with van der Waals surface area (Å²) in [5.74, 6) is -0.796. The Bertz CT molecular complexity index is 1830. The Kier molecular flexibility index (Phi) is 9.43. The SMILES string of the molecule is CN1/C(=C/C=C/C2=[N+](CCCCCC(=O)NCCN3C(=O)C=CC3=O)c3ccccc3C2(C)C)C(C)(C)c2cc(S(=O)(=O)O)ccc21. The molecule has 0 radical (unpaired) electrons. The molecule has 0 aliphatic carbocycles. The van der Waals surface area contributed by atoms with Gasteiger partial charge in [-0.1, -0.05) is 38.1 Å². The van der Waals surface area contributed by atoms with Gasteiger partial charge >= 0.3 is 0 Å². The second-order valence-corrected chi connectivity index (χ2v) is 14.7. The summed E-state index contributed by atoms with van der Waals surface area (Å²) in [6.45, 7) is 9.73. The van der Waals surface area contributed by atoms with Crippen LogP contribution in [0, 0.1) is 0 Å². The summed E-state index contributed by atoms with van der Waals surface area (Å²) in [6.07, 6.45) is 11.6. The van der Waals surface area contributed by atoms with Crippen LogP contribution in [0.5, 0.6) is 0 Å². The van der Waals surface area contributed by atoms with Gasteiger partial charge in [0.15, 0.2) is 5.71 Å². The van der Waals surface area contributed by atoms with Crippen molar-refractivity contribution in [3.63, 3.8) is 0 Å². The third-order valence-corrected chi connectivity index (χ3v) is 10.3. The predicted molar refractivity (Wildman–Crippen MR) is 182 cm³/mol. The van der Waals surface area contributed by atoms with Crippen LogP contribution in [0.3, 0.4) is 0 Å². The van der Waals surface area contributed by atoms with E-state index < -0.39 is 15.5 Å². The van der Waals surface area contributed by atoms with Crippen LogP contribution in [0.15, 0.2) is 83.4 Å². The molecule has 0 saturated heterocycles. The number of fused-ring (bicyclic) bond motifs is 2. The predicted octanol–water partition coefficient (Wildman–Crippen LogP) is 4.78. The highest BCUT2D eigenvalue weighted by molar-refractivity contribution is 7.85. The molecular weight excluding hydrogens is 616 g/mol. The number of carbonyl (C=O) groups excluding carboxylic acids is 3. The normalized spacial score (nSPS) is 19.0. The lowest BCUT2D eigenvalue weighted by Crippen LogP contribution is -2.38. The van der Waals surface area contributed by atoms with E-state index in [4.69, 9.17) is 0 Å². The molecule has 0 fully saturated rings. The Hall–Kier alpha value is -4.35. The number of nitrogens with zero attached hydrogens (tertiary/aromatic N) is 3. The Balaban J connectivity index is 1.25. The van der Waals surface area contributed by atoms with E-state index in [0.717, 1.165) is 47.7 Å². The Morgan fingerprint density at radius 2 is 1.66 bits per heavy atom. The molecule has 0 unspecified atom stereocenters. The van der Waals surface area contributed by atoms with E-state index in [9.17, 15) is 27.4 Å². The van der Waals surface area contributed by atoms with Crippen LogP contribution in [0.25, 0.3) is 0 Å². The molecule has 0 atom stereocenters. The molecule has 10 nitrogen and oxygen atoms in total. The minimum atomic E-state index is -4.31. The van der Waals surface area contributed by atoms with Gasteiger partial charge in [0.2, 0.25) is 11.6 Å². The molecule has 3 aliphatic heterocycles. The highest BCUT2D eigenvalue weighted by Gasteiger charge is 2.44. The number of hydrogen-bond donors (Lipinski definition) is 2. The van der Waals surface area contributed by atoms with Crippen molar-refractivity contribution >= 4 is 44.9 Å². The number of nitrogens with one attached hydrogen (secondary N) is 1. The van der Waals surface area contributed by atoms with Crippen molar-refractivity contribution in [2.45, 2.75) is 69.1 Å². The van der Waals surface area contributed by atoms with Gasteiger partial charge in [0.05, 0.1) is 10.3 Å². The summed E-state index contributed by atoms with van der Waals surface area (Å²) in [4.78, 5) is 38.7. The number of allylic oxidation sites excluding steroid dienone is 4. The van der Waals surface area contributed by atoms with Crippen molar-refractivity contribution in [3.8, 4) is 0 Å². The topological polar surface area (TPSA) is 127 Å². The third kappa shape index (κ3) is 6.73. The van der Waals surface area contributed by atoms with Gasteiger partial charge < -0.3 is 10.2 Å². The maximum atomic E-state index is 12.3. The standard InChI is InChI=1S/C36H42N4O6S/c1-35(2)26-12-8-9-13-29(26)39(22-10-6-7-16-32(41)37-21-23-40-33(42)19-20-34(40)43)31(35)15-11-14-30-36(3,4)27-24-25(47(44,45)46)17-18-28(27)38(30)5/h8-9,11-15,17-20,24H,6-7,10,16,21-23H2,1-5H3,(H-,37,41,44,45,46)/p+1. The fourth-order valence-electron chi connectivity index (χ4n) is 6.87. The minimum Gasteiger partial charge on any atom is -0.354 e. The van der Waals surface area contributed by atoms with E-state index in [1.807, 2.05) is 27.0 Å². The second-order valence-electron chi connectivity index (χ2n) is 13.3. The zero-order valence-corrected chi connectivity index (χ0v) is 28.4. The van der Waals surface area contributed by atoms with E-state index in [1.165, 1.54) is 35.2 Å². The number of rotatable bonds is 12. The smallest absolute Gasteiger partial charge is 0.294 e. The van der Waals surface area contributed by atoms with Crippen molar-refractivity contribution < 1.29 is 31.9 Å². The molecule has 3 amide bonds. The molecule has 5 rings (SSSR count). The Morgan fingerprint density at radius 1 is 0.957 bits per heavy atom. The molecule has 0 saturated carbocycles. The summed E-state index contributed by atoms with van der Waals surface area (Å²) in [5, 5.41) is 2.80. The van der Waals surface area contributed by atoms with Crippen molar-refractivity contribution in [1.29, 1.82) is 0 Å². The van der Waals surface area contributed by atoms with Crippen LogP contribution < -0.4 is 10.2 Å². The van der Waals surface area contributed by atoms with E-state index in [1.54, 1.807) is 12.1 Å². The molecule has 2 N–H and O–H groups in total. The first kappa shape index (κ1) is 34.0. The maximum absolute atomic E-state index is 12.3. The molecule has 3 aliphatic rings. The van der Waals surface area contributed by atoms with Crippen molar-refractivity contribution in [2.24, 2.45) is 0 Å². The van der Waals surface area contributed by atoms with Crippen LogP contribution in [-0.4, -0.2) is 72.6 Å². The molecule has 3 heterocycles. The molecule has 248 valence electrons. The number of carbonyl (C=O) groups is 3. The van der Waals surface area contributed by atoms with Gasteiger partial charge in [0, 0.05) is 79.6 Å². The van der Waals surface area contributed by atoms with E-state index >= 15 is 0 Å². The molecule has 0 spiro atoms. The number of likely N-dealkylation sites (N-methyl/N-ethyl adjacent to an activating group) is 1. The molecule has 11 heteroatoms. The number of anilines is 1. The van der Waals surface area contributed by atoms with Crippen LogP contribution in [-0.2, 0) is 35.3 Å². The number of hydrogen-bond acceptors (Lipinski definition) is 6. The molecule has 2 aromatic rings.